The van der Waals surface area contributed by atoms with E-state index in [-0.39, 0.29) is 27.1 Å². The van der Waals surface area contributed by atoms with E-state index >= 15 is 0 Å². The molecule has 2 N–H and O–H groups in total. The van der Waals surface area contributed by atoms with E-state index < -0.39 is 11.9 Å². The van der Waals surface area contributed by atoms with Crippen LogP contribution in [0.3, 0.4) is 0 Å². The number of furan rings is 1. The van der Waals surface area contributed by atoms with Crippen LogP contribution in [0.1, 0.15) is 20.9 Å². The van der Waals surface area contributed by atoms with Crippen molar-refractivity contribution >= 4 is 46.5 Å². The molecule has 2 aromatic rings. The van der Waals surface area contributed by atoms with Gasteiger partial charge in [-0.2, -0.15) is 0 Å². The normalized spacial score (nSPS) is 9.95. The molecule has 0 aliphatic carbocycles. The number of rotatable bonds is 3. The first-order valence-electron chi connectivity index (χ1n) is 5.64. The van der Waals surface area contributed by atoms with Crippen LogP contribution in [-0.2, 0) is 0 Å². The quantitative estimate of drug-likeness (QED) is 0.830. The Morgan fingerprint density at radius 1 is 1.29 bits per heavy atom. The van der Waals surface area contributed by atoms with E-state index in [4.69, 9.17) is 28.2 Å². The second-order valence-electron chi connectivity index (χ2n) is 3.87. The van der Waals surface area contributed by atoms with Gasteiger partial charge >= 0.3 is 0 Å². The highest BCUT2D eigenvalue weighted by Crippen LogP contribution is 2.22. The third-order valence-corrected chi connectivity index (χ3v) is 2.96. The minimum absolute atomic E-state index is 0.0474. The lowest BCUT2D eigenvalue weighted by Gasteiger charge is -2.12. The van der Waals surface area contributed by atoms with Crippen LogP contribution in [-0.4, -0.2) is 17.0 Å². The summed E-state index contributed by atoms with van der Waals surface area (Å²) in [4.78, 5) is 22.5. The number of hydrogen-bond acceptors (Lipinski definition) is 5. The van der Waals surface area contributed by atoms with Gasteiger partial charge in [0.2, 0.25) is 0 Å². The van der Waals surface area contributed by atoms with Crippen molar-refractivity contribution in [3.05, 3.63) is 52.9 Å². The van der Waals surface area contributed by atoms with Crippen LogP contribution in [0, 0.1) is 0 Å². The summed E-state index contributed by atoms with van der Waals surface area (Å²) >= 11 is 10.9. The molecule has 0 saturated carbocycles. The van der Waals surface area contributed by atoms with E-state index in [1.165, 1.54) is 30.5 Å². The predicted molar refractivity (Wildman–Crippen MR) is 78.2 cm³/mol. The minimum Gasteiger partial charge on any atom is -0.545 e. The molecule has 1 heterocycles. The summed E-state index contributed by atoms with van der Waals surface area (Å²) in [5.41, 5.74) is 0.171. The lowest BCUT2D eigenvalue weighted by atomic mass is 10.2. The van der Waals surface area contributed by atoms with Gasteiger partial charge in [0, 0.05) is 0 Å². The highest BCUT2D eigenvalue weighted by Gasteiger charge is 2.11. The van der Waals surface area contributed by atoms with E-state index in [1.807, 2.05) is 0 Å². The van der Waals surface area contributed by atoms with Crippen LogP contribution < -0.4 is 15.7 Å². The zero-order chi connectivity index (χ0) is 15.4. The minimum atomic E-state index is -1.35. The third kappa shape index (κ3) is 3.80. The van der Waals surface area contributed by atoms with Crippen molar-refractivity contribution in [2.24, 2.45) is 0 Å². The molecule has 1 amide bonds. The third-order valence-electron chi connectivity index (χ3n) is 2.42. The van der Waals surface area contributed by atoms with Crippen LogP contribution in [0.5, 0.6) is 0 Å². The molecule has 0 spiro atoms. The van der Waals surface area contributed by atoms with E-state index in [9.17, 15) is 14.7 Å². The number of aromatic carboxylic acids is 1. The van der Waals surface area contributed by atoms with Crippen LogP contribution in [0.25, 0.3) is 0 Å². The molecule has 0 aliphatic rings. The number of halogens is 1. The van der Waals surface area contributed by atoms with Crippen molar-refractivity contribution in [3.63, 3.8) is 0 Å². The number of benzene rings is 1. The summed E-state index contributed by atoms with van der Waals surface area (Å²) in [6.07, 6.45) is 1.35. The Morgan fingerprint density at radius 3 is 2.67 bits per heavy atom. The number of carboxylic acids is 1. The van der Waals surface area contributed by atoms with Crippen molar-refractivity contribution in [3.8, 4) is 0 Å². The zero-order valence-electron chi connectivity index (χ0n) is 10.4. The van der Waals surface area contributed by atoms with Crippen molar-refractivity contribution < 1.29 is 19.1 Å². The monoisotopic (exact) mass is 323 g/mol. The molecular weight excluding hydrogens is 316 g/mol. The standard InChI is InChI=1S/C13H9ClN2O4S/c14-8-4-3-7(12(18)19)6-9(8)15-13(21)16-11(17)10-2-1-5-20-10/h1-6H,(H,18,19)(H2,15,16,17,21)/p-1. The SMILES string of the molecule is O=C([O-])c1ccc(Cl)c(NC(=S)NC(=O)c2ccco2)c1. The Bertz CT molecular complexity index is 700. The summed E-state index contributed by atoms with van der Waals surface area (Å²) in [7, 11) is 0. The summed E-state index contributed by atoms with van der Waals surface area (Å²) in [6.45, 7) is 0. The molecule has 0 fully saturated rings. The molecule has 0 bridgehead atoms. The molecule has 6 nitrogen and oxygen atoms in total. The van der Waals surface area contributed by atoms with E-state index in [2.05, 4.69) is 10.6 Å². The molecule has 0 aliphatic heterocycles. The number of carbonyl (C=O) groups is 2. The first-order chi connectivity index (χ1) is 9.97. The summed E-state index contributed by atoms with van der Waals surface area (Å²) in [5.74, 6) is -1.79. The Balaban J connectivity index is 2.07. The fourth-order valence-corrected chi connectivity index (χ4v) is 1.84. The molecule has 21 heavy (non-hydrogen) atoms. The highest BCUT2D eigenvalue weighted by atomic mass is 35.5. The first-order valence-corrected chi connectivity index (χ1v) is 6.42. The second kappa shape index (κ2) is 6.38. The number of carboxylic acid groups (broad SMARTS) is 1. The maximum Gasteiger partial charge on any atom is 0.293 e. The summed E-state index contributed by atoms with van der Waals surface area (Å²) in [6, 6.07) is 6.97. The fourth-order valence-electron chi connectivity index (χ4n) is 1.47. The van der Waals surface area contributed by atoms with Gasteiger partial charge < -0.3 is 19.6 Å². The molecule has 0 unspecified atom stereocenters. The largest absolute Gasteiger partial charge is 0.545 e. The molecule has 8 heteroatoms. The summed E-state index contributed by atoms with van der Waals surface area (Å²) < 4.78 is 4.91. The van der Waals surface area contributed by atoms with Gasteiger partial charge in [-0.15, -0.1) is 0 Å². The number of amides is 1. The lowest BCUT2D eigenvalue weighted by molar-refractivity contribution is -0.255. The number of hydrogen-bond donors (Lipinski definition) is 2. The van der Waals surface area contributed by atoms with Crippen LogP contribution in [0.4, 0.5) is 5.69 Å². The molecule has 108 valence electrons. The van der Waals surface area contributed by atoms with E-state index in [0.717, 1.165) is 0 Å². The maximum absolute atomic E-state index is 11.7. The highest BCUT2D eigenvalue weighted by molar-refractivity contribution is 7.80. The van der Waals surface area contributed by atoms with Crippen LogP contribution in [0.2, 0.25) is 5.02 Å². The Kier molecular flexibility index (Phi) is 4.56. The van der Waals surface area contributed by atoms with Crippen molar-refractivity contribution in [2.75, 3.05) is 5.32 Å². The average molecular weight is 324 g/mol. The number of carbonyl (C=O) groups excluding carboxylic acids is 2. The Morgan fingerprint density at radius 2 is 2.05 bits per heavy atom. The molecule has 0 radical (unpaired) electrons. The molecule has 1 aromatic heterocycles. The van der Waals surface area contributed by atoms with Gasteiger partial charge in [0.25, 0.3) is 5.91 Å². The fraction of sp³-hybridized carbons (Fsp3) is 0. The molecule has 0 saturated heterocycles. The molecular formula is C13H8ClN2O4S-. The topological polar surface area (TPSA) is 94.4 Å². The van der Waals surface area contributed by atoms with Gasteiger partial charge in [0.05, 0.1) is 22.9 Å². The van der Waals surface area contributed by atoms with Crippen molar-refractivity contribution in [1.82, 2.24) is 5.32 Å². The number of anilines is 1. The molecule has 0 atom stereocenters. The van der Waals surface area contributed by atoms with Crippen LogP contribution >= 0.6 is 23.8 Å². The second-order valence-corrected chi connectivity index (χ2v) is 4.68. The summed E-state index contributed by atoms with van der Waals surface area (Å²) in [5, 5.41) is 16.0. The maximum atomic E-state index is 11.7. The average Bonchev–Trinajstić information content (AvgIpc) is 2.95. The Labute approximate surface area is 129 Å². The van der Waals surface area contributed by atoms with Gasteiger partial charge in [-0.3, -0.25) is 10.1 Å². The van der Waals surface area contributed by atoms with Gasteiger partial charge in [-0.05, 0) is 42.0 Å². The van der Waals surface area contributed by atoms with Crippen molar-refractivity contribution in [2.45, 2.75) is 0 Å². The van der Waals surface area contributed by atoms with Crippen molar-refractivity contribution in [1.29, 1.82) is 0 Å². The van der Waals surface area contributed by atoms with Gasteiger partial charge in [0.15, 0.2) is 10.9 Å². The smallest absolute Gasteiger partial charge is 0.293 e. The first kappa shape index (κ1) is 15.0. The molecule has 2 rings (SSSR count). The lowest BCUT2D eigenvalue weighted by Crippen LogP contribution is -2.34. The van der Waals surface area contributed by atoms with Gasteiger partial charge in [-0.25, -0.2) is 0 Å². The number of thiocarbonyl (C=S) groups is 1. The zero-order valence-corrected chi connectivity index (χ0v) is 12.0. The Hall–Kier alpha value is -2.38. The predicted octanol–water partition coefficient (Wildman–Crippen LogP) is 1.42. The van der Waals surface area contributed by atoms with Gasteiger partial charge in [-0.1, -0.05) is 17.7 Å². The van der Waals surface area contributed by atoms with Crippen LogP contribution in [0.15, 0.2) is 41.0 Å². The van der Waals surface area contributed by atoms with E-state index in [0.29, 0.717) is 0 Å². The van der Waals surface area contributed by atoms with E-state index in [1.54, 1.807) is 6.07 Å². The van der Waals surface area contributed by atoms with Gasteiger partial charge in [0.1, 0.15) is 0 Å². The number of nitrogens with one attached hydrogen (secondary N) is 2. The molecule has 1 aromatic carbocycles.